The van der Waals surface area contributed by atoms with E-state index in [1.54, 1.807) is 63.4 Å². The van der Waals surface area contributed by atoms with E-state index in [9.17, 15) is 22.8 Å². The van der Waals surface area contributed by atoms with Gasteiger partial charge in [0.1, 0.15) is 6.04 Å². The molecule has 0 radical (unpaired) electrons. The Bertz CT molecular complexity index is 1540. The SMILES string of the molecule is CC(C)S(=O)(=O)c1ccc2cc1CN(C)C(=O)[C@H](Nc1cccc(C(N)=O)c1)c1ccc(cc1)CCOC(=O)N2. The average Bonchev–Trinajstić information content (AvgIpc) is 2.91. The number of carbonyl (C=O) groups is 3. The van der Waals surface area contributed by atoms with Crippen LogP contribution >= 0.6 is 0 Å². The summed E-state index contributed by atoms with van der Waals surface area (Å²) in [4.78, 5) is 39.5. The molecule has 0 saturated heterocycles. The number of hydrogen-bond acceptors (Lipinski definition) is 7. The second kappa shape index (κ2) is 11.8. The maximum Gasteiger partial charge on any atom is 0.411 e. The van der Waals surface area contributed by atoms with Crippen molar-refractivity contribution in [2.24, 2.45) is 5.73 Å². The molecule has 3 amide bonds. The Hall–Kier alpha value is -4.38. The molecule has 1 atom stereocenters. The molecule has 0 unspecified atom stereocenters. The lowest BCUT2D eigenvalue weighted by Crippen LogP contribution is -2.35. The molecular weight excluding hydrogens is 532 g/mol. The van der Waals surface area contributed by atoms with Crippen molar-refractivity contribution >= 4 is 39.1 Å². The number of nitrogens with zero attached hydrogens (tertiary/aromatic N) is 1. The molecule has 40 heavy (non-hydrogen) atoms. The Morgan fingerprint density at radius 3 is 2.48 bits per heavy atom. The predicted molar refractivity (Wildman–Crippen MR) is 152 cm³/mol. The van der Waals surface area contributed by atoms with Crippen LogP contribution in [0.15, 0.2) is 71.6 Å². The number of sulfone groups is 1. The number of nitrogens with one attached hydrogen (secondary N) is 2. The van der Waals surface area contributed by atoms with Gasteiger partial charge in [-0.3, -0.25) is 14.9 Å². The Morgan fingerprint density at radius 2 is 1.80 bits per heavy atom. The number of amides is 3. The summed E-state index contributed by atoms with van der Waals surface area (Å²) in [6.45, 7) is 3.24. The Morgan fingerprint density at radius 1 is 1.07 bits per heavy atom. The third kappa shape index (κ3) is 6.42. The van der Waals surface area contributed by atoms with Crippen molar-refractivity contribution in [3.8, 4) is 0 Å². The van der Waals surface area contributed by atoms with Gasteiger partial charge >= 0.3 is 6.09 Å². The standard InChI is InChI=1S/C29H32N4O6S/c1-18(2)40(37,38)25-12-11-24-16-22(25)17-33(3)28(35)26(31-23-6-4-5-21(15-23)27(30)34)20-9-7-19(8-10-20)13-14-39-29(36)32-24/h4-12,15-16,18,26,31H,13-14,17H2,1-3H3,(H2,30,34)(H,32,36)/t26-/m1/s1. The number of primary amides is 1. The van der Waals surface area contributed by atoms with Gasteiger partial charge in [-0.2, -0.15) is 0 Å². The minimum Gasteiger partial charge on any atom is -0.449 e. The van der Waals surface area contributed by atoms with Gasteiger partial charge < -0.3 is 20.7 Å². The van der Waals surface area contributed by atoms with Gasteiger partial charge in [0.15, 0.2) is 9.84 Å². The van der Waals surface area contributed by atoms with Gasteiger partial charge in [-0.05, 0) is 66.9 Å². The lowest BCUT2D eigenvalue weighted by atomic mass is 10.0. The van der Waals surface area contributed by atoms with Crippen LogP contribution in [0.5, 0.6) is 0 Å². The van der Waals surface area contributed by atoms with Crippen molar-refractivity contribution in [1.29, 1.82) is 0 Å². The van der Waals surface area contributed by atoms with E-state index >= 15 is 0 Å². The molecule has 2 heterocycles. The number of likely N-dealkylation sites (N-methyl/N-ethyl adjacent to an activating group) is 1. The predicted octanol–water partition coefficient (Wildman–Crippen LogP) is 3.88. The minimum atomic E-state index is -3.70. The van der Waals surface area contributed by atoms with Crippen LogP contribution in [0.1, 0.15) is 46.9 Å². The van der Waals surface area contributed by atoms with E-state index in [4.69, 9.17) is 10.5 Å². The number of fused-ring (bicyclic) bond motifs is 9. The molecule has 4 N–H and O–H groups in total. The lowest BCUT2D eigenvalue weighted by Gasteiger charge is -2.27. The van der Waals surface area contributed by atoms with Crippen LogP contribution in [0.2, 0.25) is 0 Å². The molecule has 0 spiro atoms. The Balaban J connectivity index is 1.78. The van der Waals surface area contributed by atoms with E-state index in [1.165, 1.54) is 17.0 Å². The van der Waals surface area contributed by atoms with Crippen molar-refractivity contribution in [3.05, 3.63) is 89.0 Å². The van der Waals surface area contributed by atoms with Crippen LogP contribution in [0.25, 0.3) is 0 Å². The number of ether oxygens (including phenoxy) is 1. The maximum atomic E-state index is 13.9. The molecule has 0 aliphatic carbocycles. The van der Waals surface area contributed by atoms with Crippen LogP contribution in [-0.2, 0) is 32.3 Å². The van der Waals surface area contributed by atoms with E-state index in [-0.39, 0.29) is 29.5 Å². The summed E-state index contributed by atoms with van der Waals surface area (Å²) < 4.78 is 31.6. The normalized spacial score (nSPS) is 16.4. The quantitative estimate of drug-likeness (QED) is 0.426. The fourth-order valence-electron chi connectivity index (χ4n) is 4.37. The minimum absolute atomic E-state index is 0.0533. The van der Waals surface area contributed by atoms with E-state index in [0.717, 1.165) is 5.56 Å². The smallest absolute Gasteiger partial charge is 0.411 e. The number of benzene rings is 3. The van der Waals surface area contributed by atoms with E-state index in [0.29, 0.717) is 28.9 Å². The first kappa shape index (κ1) is 28.6. The van der Waals surface area contributed by atoms with Gasteiger partial charge in [-0.1, -0.05) is 30.3 Å². The first-order chi connectivity index (χ1) is 19.0. The van der Waals surface area contributed by atoms with Crippen LogP contribution in [0.3, 0.4) is 0 Å². The Kier molecular flexibility index (Phi) is 8.43. The van der Waals surface area contributed by atoms with Crippen molar-refractivity contribution in [3.63, 3.8) is 0 Å². The summed E-state index contributed by atoms with van der Waals surface area (Å²) in [5, 5.41) is 5.15. The van der Waals surface area contributed by atoms with Crippen molar-refractivity contribution in [2.75, 3.05) is 24.3 Å². The van der Waals surface area contributed by atoms with Gasteiger partial charge in [-0.15, -0.1) is 0 Å². The second-order valence-electron chi connectivity index (χ2n) is 9.89. The summed E-state index contributed by atoms with van der Waals surface area (Å²) in [6.07, 6.45) is -0.210. The van der Waals surface area contributed by atoms with Gasteiger partial charge in [0.2, 0.25) is 11.8 Å². The summed E-state index contributed by atoms with van der Waals surface area (Å²) in [7, 11) is -2.12. The summed E-state index contributed by atoms with van der Waals surface area (Å²) >= 11 is 0. The molecule has 2 aliphatic rings. The molecule has 4 bridgehead atoms. The Labute approximate surface area is 233 Å². The number of carbonyl (C=O) groups excluding carboxylic acids is 3. The number of anilines is 2. The number of rotatable bonds is 5. The molecule has 0 fully saturated rings. The average molecular weight is 565 g/mol. The first-order valence-electron chi connectivity index (χ1n) is 12.8. The van der Waals surface area contributed by atoms with E-state index < -0.39 is 33.1 Å². The van der Waals surface area contributed by atoms with E-state index in [2.05, 4.69) is 10.6 Å². The number of nitrogens with two attached hydrogens (primary N) is 1. The molecule has 10 nitrogen and oxygen atoms in total. The zero-order chi connectivity index (χ0) is 29.0. The highest BCUT2D eigenvalue weighted by atomic mass is 32.2. The van der Waals surface area contributed by atoms with Gasteiger partial charge in [-0.25, -0.2) is 13.2 Å². The molecule has 11 heteroatoms. The third-order valence-electron chi connectivity index (χ3n) is 6.66. The van der Waals surface area contributed by atoms with Crippen LogP contribution < -0.4 is 16.4 Å². The summed E-state index contributed by atoms with van der Waals surface area (Å²) in [5.74, 6) is -0.933. The zero-order valence-corrected chi connectivity index (χ0v) is 23.3. The van der Waals surface area contributed by atoms with Crippen molar-refractivity contribution in [2.45, 2.75) is 43.0 Å². The highest BCUT2D eigenvalue weighted by Crippen LogP contribution is 2.28. The first-order valence-corrected chi connectivity index (χ1v) is 14.3. The molecule has 2 aliphatic heterocycles. The van der Waals surface area contributed by atoms with Crippen LogP contribution in [0.4, 0.5) is 16.2 Å². The molecule has 210 valence electrons. The van der Waals surface area contributed by atoms with Gasteiger partial charge in [0.25, 0.3) is 0 Å². The van der Waals surface area contributed by atoms with Crippen LogP contribution in [0, 0.1) is 0 Å². The van der Waals surface area contributed by atoms with Gasteiger partial charge in [0, 0.05) is 37.0 Å². The molecule has 5 rings (SSSR count). The van der Waals surface area contributed by atoms with Crippen LogP contribution in [-0.4, -0.2) is 50.1 Å². The monoisotopic (exact) mass is 564 g/mol. The fraction of sp³-hybridized carbons (Fsp3) is 0.276. The molecule has 3 aromatic carbocycles. The summed E-state index contributed by atoms with van der Waals surface area (Å²) in [6, 6.07) is 17.5. The third-order valence-corrected chi connectivity index (χ3v) is 8.91. The number of hydrogen-bond donors (Lipinski definition) is 3. The molecule has 0 saturated carbocycles. The van der Waals surface area contributed by atoms with Crippen molar-refractivity contribution in [1.82, 2.24) is 4.90 Å². The fourth-order valence-corrected chi connectivity index (χ4v) is 5.63. The molecule has 3 aromatic rings. The zero-order valence-electron chi connectivity index (χ0n) is 22.5. The lowest BCUT2D eigenvalue weighted by molar-refractivity contribution is -0.131. The second-order valence-corrected chi connectivity index (χ2v) is 12.4. The topological polar surface area (TPSA) is 148 Å². The highest BCUT2D eigenvalue weighted by Gasteiger charge is 2.28. The van der Waals surface area contributed by atoms with Crippen molar-refractivity contribution < 1.29 is 27.5 Å². The van der Waals surface area contributed by atoms with Gasteiger partial charge in [0.05, 0.1) is 16.8 Å². The van der Waals surface area contributed by atoms with E-state index in [1.807, 2.05) is 12.1 Å². The summed E-state index contributed by atoms with van der Waals surface area (Å²) in [5.41, 5.74) is 8.50. The highest BCUT2D eigenvalue weighted by molar-refractivity contribution is 7.92. The molecule has 0 aromatic heterocycles. The molecular formula is C29H32N4O6S. The maximum absolute atomic E-state index is 13.9. The largest absolute Gasteiger partial charge is 0.449 e.